The van der Waals surface area contributed by atoms with Crippen molar-refractivity contribution >= 4 is 46.1 Å². The van der Waals surface area contributed by atoms with Crippen molar-refractivity contribution in [3.8, 4) is 11.4 Å². The van der Waals surface area contributed by atoms with Gasteiger partial charge in [0.25, 0.3) is 5.91 Å². The number of urea groups is 1. The first-order valence-corrected chi connectivity index (χ1v) is 14.9. The maximum Gasteiger partial charge on any atom is 0.318 e. The standard InChI is InChI=1S/C32H35N9O4/c1-3-27(42)35-23-10-6-22(7-11-23)31(43)40-14-12-25(13-15-40)41-30-26(20-34-41)29(39-16-18-45-19-17-39)37-28(38-30)21-4-8-24(9-5-21)36-32(44)33-2/h3-11,20,25H,1,12-19H2,2H3,(H,35,42)(H2,33,36,44). The topological polar surface area (TPSA) is 147 Å². The average molecular weight is 610 g/mol. The Hall–Kier alpha value is -5.30. The average Bonchev–Trinajstić information content (AvgIpc) is 3.52. The lowest BCUT2D eigenvalue weighted by atomic mass is 10.0. The largest absolute Gasteiger partial charge is 0.378 e. The van der Waals surface area contributed by atoms with Crippen LogP contribution in [-0.4, -0.2) is 88.9 Å². The van der Waals surface area contributed by atoms with Gasteiger partial charge in [-0.15, -0.1) is 0 Å². The molecule has 232 valence electrons. The Labute approximate surface area is 260 Å². The fraction of sp³-hybridized carbons (Fsp3) is 0.312. The summed E-state index contributed by atoms with van der Waals surface area (Å²) < 4.78 is 7.57. The number of ether oxygens (including phenoxy) is 1. The Morgan fingerprint density at radius 1 is 0.911 bits per heavy atom. The summed E-state index contributed by atoms with van der Waals surface area (Å²) in [6.07, 6.45) is 4.49. The first-order chi connectivity index (χ1) is 21.9. The highest BCUT2D eigenvalue weighted by atomic mass is 16.5. The molecule has 13 heteroatoms. The molecule has 4 amide bonds. The van der Waals surface area contributed by atoms with Crippen LogP contribution in [0, 0.1) is 0 Å². The number of rotatable bonds is 7. The van der Waals surface area contributed by atoms with Gasteiger partial charge < -0.3 is 30.5 Å². The molecule has 0 radical (unpaired) electrons. The molecular weight excluding hydrogens is 574 g/mol. The molecule has 0 unspecified atom stereocenters. The van der Waals surface area contributed by atoms with Crippen LogP contribution in [-0.2, 0) is 9.53 Å². The number of anilines is 3. The van der Waals surface area contributed by atoms with E-state index in [0.717, 1.165) is 35.3 Å². The number of piperidine rings is 1. The number of fused-ring (bicyclic) bond motifs is 1. The highest BCUT2D eigenvalue weighted by Gasteiger charge is 2.28. The molecule has 3 N–H and O–H groups in total. The predicted molar refractivity (Wildman–Crippen MR) is 171 cm³/mol. The van der Waals surface area contributed by atoms with Gasteiger partial charge in [0.2, 0.25) is 5.91 Å². The summed E-state index contributed by atoms with van der Waals surface area (Å²) in [5.74, 6) is 1.04. The number of aromatic nitrogens is 4. The third-order valence-corrected chi connectivity index (χ3v) is 8.05. The van der Waals surface area contributed by atoms with Crippen LogP contribution in [0.2, 0.25) is 0 Å². The first kappa shape index (κ1) is 29.8. The van der Waals surface area contributed by atoms with Gasteiger partial charge in [-0.1, -0.05) is 6.58 Å². The zero-order valence-electron chi connectivity index (χ0n) is 25.0. The van der Waals surface area contributed by atoms with Gasteiger partial charge in [0, 0.05) is 55.7 Å². The number of nitrogens with one attached hydrogen (secondary N) is 3. The zero-order chi connectivity index (χ0) is 31.3. The number of benzene rings is 2. The molecule has 4 aromatic rings. The fourth-order valence-corrected chi connectivity index (χ4v) is 5.61. The van der Waals surface area contributed by atoms with Crippen molar-refractivity contribution in [2.75, 3.05) is 62.0 Å². The number of hydrogen-bond acceptors (Lipinski definition) is 8. The van der Waals surface area contributed by atoms with Gasteiger partial charge in [-0.25, -0.2) is 19.4 Å². The van der Waals surface area contributed by atoms with Crippen LogP contribution in [0.4, 0.5) is 22.0 Å². The van der Waals surface area contributed by atoms with Crippen molar-refractivity contribution in [2.45, 2.75) is 18.9 Å². The summed E-state index contributed by atoms with van der Waals surface area (Å²) in [5.41, 5.74) is 3.40. The quantitative estimate of drug-likeness (QED) is 0.269. The van der Waals surface area contributed by atoms with Crippen LogP contribution < -0.4 is 20.9 Å². The SMILES string of the molecule is C=CC(=O)Nc1ccc(C(=O)N2CCC(n3ncc4c(N5CCOCC5)nc(-c5ccc(NC(=O)NC)cc5)nc43)CC2)cc1. The maximum absolute atomic E-state index is 13.3. The third-order valence-electron chi connectivity index (χ3n) is 8.05. The summed E-state index contributed by atoms with van der Waals surface area (Å²) >= 11 is 0. The number of likely N-dealkylation sites (tertiary alicyclic amines) is 1. The van der Waals surface area contributed by atoms with E-state index in [4.69, 9.17) is 19.8 Å². The van der Waals surface area contributed by atoms with Crippen LogP contribution in [0.3, 0.4) is 0 Å². The molecule has 2 saturated heterocycles. The number of amides is 4. The molecule has 4 heterocycles. The van der Waals surface area contributed by atoms with Crippen molar-refractivity contribution in [2.24, 2.45) is 0 Å². The summed E-state index contributed by atoms with van der Waals surface area (Å²) in [6.45, 7) is 7.28. The van der Waals surface area contributed by atoms with Crippen LogP contribution in [0.1, 0.15) is 29.2 Å². The van der Waals surface area contributed by atoms with Crippen LogP contribution >= 0.6 is 0 Å². The van der Waals surface area contributed by atoms with Gasteiger partial charge >= 0.3 is 6.03 Å². The van der Waals surface area contributed by atoms with Crippen LogP contribution in [0.25, 0.3) is 22.4 Å². The van der Waals surface area contributed by atoms with Gasteiger partial charge in [0.05, 0.1) is 30.8 Å². The zero-order valence-corrected chi connectivity index (χ0v) is 25.0. The van der Waals surface area contributed by atoms with Crippen molar-refractivity contribution in [1.82, 2.24) is 30.0 Å². The van der Waals surface area contributed by atoms with E-state index in [-0.39, 0.29) is 23.9 Å². The van der Waals surface area contributed by atoms with E-state index in [1.54, 1.807) is 31.3 Å². The molecule has 0 atom stereocenters. The number of morpholine rings is 1. The fourth-order valence-electron chi connectivity index (χ4n) is 5.61. The van der Waals surface area contributed by atoms with Crippen molar-refractivity contribution in [1.29, 1.82) is 0 Å². The summed E-state index contributed by atoms with van der Waals surface area (Å²) in [6, 6.07) is 14.1. The van der Waals surface area contributed by atoms with Crippen LogP contribution in [0.15, 0.2) is 67.4 Å². The number of nitrogens with zero attached hydrogens (tertiary/aromatic N) is 6. The van der Waals surface area contributed by atoms with Crippen molar-refractivity contribution in [3.63, 3.8) is 0 Å². The van der Waals surface area contributed by atoms with E-state index in [2.05, 4.69) is 27.4 Å². The van der Waals surface area contributed by atoms with Gasteiger partial charge in [0.1, 0.15) is 5.82 Å². The van der Waals surface area contributed by atoms with Gasteiger partial charge in [-0.3, -0.25) is 9.59 Å². The molecule has 2 aliphatic heterocycles. The number of hydrogen-bond donors (Lipinski definition) is 3. The Balaban J connectivity index is 1.23. The van der Waals surface area contributed by atoms with Gasteiger partial charge in [0.15, 0.2) is 11.5 Å². The van der Waals surface area contributed by atoms with Crippen molar-refractivity contribution < 1.29 is 19.1 Å². The molecule has 6 rings (SSSR count). The Morgan fingerprint density at radius 2 is 1.58 bits per heavy atom. The Morgan fingerprint density at radius 3 is 2.24 bits per heavy atom. The van der Waals surface area contributed by atoms with E-state index >= 15 is 0 Å². The highest BCUT2D eigenvalue weighted by molar-refractivity contribution is 6.00. The van der Waals surface area contributed by atoms with Gasteiger partial charge in [-0.2, -0.15) is 5.10 Å². The van der Waals surface area contributed by atoms with E-state index < -0.39 is 0 Å². The molecule has 0 bridgehead atoms. The minimum absolute atomic E-state index is 0.0473. The first-order valence-electron chi connectivity index (χ1n) is 14.9. The van der Waals surface area contributed by atoms with Crippen LogP contribution in [0.5, 0.6) is 0 Å². The molecule has 0 aliphatic carbocycles. The van der Waals surface area contributed by atoms with E-state index in [1.165, 1.54) is 6.08 Å². The minimum atomic E-state index is -0.301. The number of carbonyl (C=O) groups is 3. The van der Waals surface area contributed by atoms with E-state index in [9.17, 15) is 14.4 Å². The minimum Gasteiger partial charge on any atom is -0.378 e. The number of carbonyl (C=O) groups excluding carboxylic acids is 3. The highest BCUT2D eigenvalue weighted by Crippen LogP contribution is 2.32. The summed E-state index contributed by atoms with van der Waals surface area (Å²) in [7, 11) is 1.57. The summed E-state index contributed by atoms with van der Waals surface area (Å²) in [4.78, 5) is 50.6. The normalized spacial score (nSPS) is 15.5. The molecule has 13 nitrogen and oxygen atoms in total. The second-order valence-electron chi connectivity index (χ2n) is 10.9. The molecule has 2 fully saturated rings. The lowest BCUT2D eigenvalue weighted by molar-refractivity contribution is -0.111. The lowest BCUT2D eigenvalue weighted by Gasteiger charge is -2.32. The summed E-state index contributed by atoms with van der Waals surface area (Å²) in [5, 5.41) is 13.7. The van der Waals surface area contributed by atoms with E-state index in [1.807, 2.05) is 40.0 Å². The van der Waals surface area contributed by atoms with Gasteiger partial charge in [-0.05, 0) is 67.4 Å². The molecule has 2 aromatic heterocycles. The maximum atomic E-state index is 13.3. The second-order valence-corrected chi connectivity index (χ2v) is 10.9. The molecule has 2 aromatic carbocycles. The smallest absolute Gasteiger partial charge is 0.318 e. The Kier molecular flexibility index (Phi) is 8.69. The van der Waals surface area contributed by atoms with E-state index in [0.29, 0.717) is 62.2 Å². The second kappa shape index (κ2) is 13.1. The molecule has 0 saturated carbocycles. The molecule has 0 spiro atoms. The molecule has 2 aliphatic rings. The molecular formula is C32H35N9O4. The van der Waals surface area contributed by atoms with Crippen molar-refractivity contribution in [3.05, 3.63) is 72.9 Å². The monoisotopic (exact) mass is 609 g/mol. The lowest BCUT2D eigenvalue weighted by Crippen LogP contribution is -2.39. The Bertz CT molecular complexity index is 1710. The predicted octanol–water partition coefficient (Wildman–Crippen LogP) is 3.68. The third kappa shape index (κ3) is 6.48. The molecule has 45 heavy (non-hydrogen) atoms.